The third kappa shape index (κ3) is 4.28. The topological polar surface area (TPSA) is 93.2 Å². The molecule has 1 saturated carbocycles. The van der Waals surface area contributed by atoms with Crippen LogP contribution in [-0.4, -0.2) is 45.1 Å². The van der Waals surface area contributed by atoms with Crippen LogP contribution in [-0.2, 0) is 22.2 Å². The van der Waals surface area contributed by atoms with Gasteiger partial charge in [-0.2, -0.15) is 5.10 Å². The average Bonchev–Trinajstić information content (AvgIpc) is 3.36. The molecule has 1 saturated heterocycles. The molecule has 33 heavy (non-hydrogen) atoms. The molecule has 1 aliphatic heterocycles. The fourth-order valence-corrected chi connectivity index (χ4v) is 4.87. The Morgan fingerprint density at radius 2 is 1.88 bits per heavy atom. The molecule has 7 nitrogen and oxygen atoms in total. The Morgan fingerprint density at radius 1 is 1.21 bits per heavy atom. The van der Waals surface area contributed by atoms with Gasteiger partial charge in [-0.15, -0.1) is 0 Å². The van der Waals surface area contributed by atoms with Crippen LogP contribution in [0, 0.1) is 11.2 Å². The van der Waals surface area contributed by atoms with Gasteiger partial charge >= 0.3 is 0 Å². The highest BCUT2D eigenvalue weighted by Crippen LogP contribution is 2.42. The Hall–Kier alpha value is -2.74. The van der Waals surface area contributed by atoms with E-state index in [4.69, 9.17) is 5.73 Å². The van der Waals surface area contributed by atoms with Gasteiger partial charge in [-0.3, -0.25) is 14.3 Å². The summed E-state index contributed by atoms with van der Waals surface area (Å²) in [6, 6.07) is 6.50. The summed E-state index contributed by atoms with van der Waals surface area (Å²) in [4.78, 5) is 28.0. The number of likely N-dealkylation sites (tertiary alicyclic amines) is 1. The van der Waals surface area contributed by atoms with Crippen LogP contribution >= 0.6 is 0 Å². The molecule has 1 aliphatic carbocycles. The summed E-state index contributed by atoms with van der Waals surface area (Å²) in [6.07, 6.45) is 5.32. The van der Waals surface area contributed by atoms with E-state index in [0.29, 0.717) is 18.7 Å². The number of hydrogen-bond donors (Lipinski definition) is 2. The zero-order valence-electron chi connectivity index (χ0n) is 19.9. The number of aromatic nitrogens is 2. The van der Waals surface area contributed by atoms with E-state index in [-0.39, 0.29) is 23.0 Å². The Kier molecular flexibility index (Phi) is 6.07. The molecule has 2 aromatic rings. The summed E-state index contributed by atoms with van der Waals surface area (Å²) in [5.41, 5.74) is 7.55. The van der Waals surface area contributed by atoms with Crippen molar-refractivity contribution in [2.75, 3.05) is 6.54 Å². The van der Waals surface area contributed by atoms with Gasteiger partial charge in [0.15, 0.2) is 5.82 Å². The van der Waals surface area contributed by atoms with E-state index in [0.717, 1.165) is 36.8 Å². The van der Waals surface area contributed by atoms with E-state index < -0.39 is 17.6 Å². The number of nitrogens with one attached hydrogen (secondary N) is 1. The predicted molar refractivity (Wildman–Crippen MR) is 124 cm³/mol. The molecule has 2 fully saturated rings. The number of nitrogens with zero attached hydrogens (tertiary/aromatic N) is 3. The highest BCUT2D eigenvalue weighted by atomic mass is 19.1. The molecule has 1 aromatic carbocycles. The number of aryl methyl sites for hydroxylation is 1. The molecule has 178 valence electrons. The molecule has 2 atom stereocenters. The minimum atomic E-state index is -0.650. The molecule has 3 N–H and O–H groups in total. The number of halogens is 1. The van der Waals surface area contributed by atoms with E-state index >= 15 is 0 Å². The van der Waals surface area contributed by atoms with E-state index in [1.165, 1.54) is 10.9 Å². The second-order valence-electron chi connectivity index (χ2n) is 10.5. The van der Waals surface area contributed by atoms with Gasteiger partial charge in [0.2, 0.25) is 11.8 Å². The average molecular weight is 456 g/mol. The number of amides is 2. The molecule has 2 aliphatic rings. The monoisotopic (exact) mass is 455 g/mol. The van der Waals surface area contributed by atoms with Crippen molar-refractivity contribution in [3.05, 3.63) is 41.8 Å². The Balaban J connectivity index is 1.51. The maximum Gasteiger partial charge on any atom is 0.243 e. The number of hydrogen-bond acceptors (Lipinski definition) is 4. The smallest absolute Gasteiger partial charge is 0.243 e. The van der Waals surface area contributed by atoms with Crippen LogP contribution in [0.3, 0.4) is 0 Å². The Labute approximate surface area is 194 Å². The first-order chi connectivity index (χ1) is 15.5. The van der Waals surface area contributed by atoms with Gasteiger partial charge in [-0.25, -0.2) is 4.39 Å². The molecule has 0 bridgehead atoms. The van der Waals surface area contributed by atoms with Crippen molar-refractivity contribution >= 4 is 11.8 Å². The molecule has 4 rings (SSSR count). The first-order valence-corrected chi connectivity index (χ1v) is 11.7. The maximum atomic E-state index is 14.1. The van der Waals surface area contributed by atoms with Gasteiger partial charge in [0, 0.05) is 19.2 Å². The number of benzene rings is 1. The molecular formula is C25H34FN5O2. The highest BCUT2D eigenvalue weighted by molar-refractivity contribution is 5.91. The van der Waals surface area contributed by atoms with Crippen LogP contribution in [0.5, 0.6) is 0 Å². The lowest BCUT2D eigenvalue weighted by atomic mass is 9.71. The lowest BCUT2D eigenvalue weighted by Crippen LogP contribution is -2.58. The van der Waals surface area contributed by atoms with Crippen molar-refractivity contribution in [3.8, 4) is 11.3 Å². The molecular weight excluding hydrogens is 421 g/mol. The molecule has 0 spiro atoms. The third-order valence-electron chi connectivity index (χ3n) is 7.21. The minimum absolute atomic E-state index is 0.122. The summed E-state index contributed by atoms with van der Waals surface area (Å²) in [5.74, 6) is -0.648. The maximum absolute atomic E-state index is 14.1. The van der Waals surface area contributed by atoms with Crippen molar-refractivity contribution in [1.29, 1.82) is 0 Å². The lowest BCUT2D eigenvalue weighted by Gasteiger charge is -2.44. The molecule has 1 aromatic heterocycles. The largest absolute Gasteiger partial charge is 0.345 e. The van der Waals surface area contributed by atoms with Crippen molar-refractivity contribution in [2.45, 2.75) is 70.5 Å². The highest BCUT2D eigenvalue weighted by Gasteiger charge is 2.45. The standard InChI is InChI=1S/C25H34FN5O2/c1-24(2,3)21(27)23(33)31-14-5-7-19(31)22(32)29-25(12-6-13-25)17-10-8-16(9-11-17)20-18(26)15-28-30(20)4/h8-11,15,19,21H,5-7,12-14,27H2,1-4H3,(H,29,32). The van der Waals surface area contributed by atoms with Crippen LogP contribution in [0.1, 0.15) is 58.4 Å². The fraction of sp³-hybridized carbons (Fsp3) is 0.560. The van der Waals surface area contributed by atoms with E-state index in [1.807, 2.05) is 45.0 Å². The number of carbonyl (C=O) groups is 2. The van der Waals surface area contributed by atoms with Crippen LogP contribution in [0.25, 0.3) is 11.3 Å². The summed E-state index contributed by atoms with van der Waals surface area (Å²) in [6.45, 7) is 6.36. The zero-order valence-corrected chi connectivity index (χ0v) is 19.9. The summed E-state index contributed by atoms with van der Waals surface area (Å²) >= 11 is 0. The quantitative estimate of drug-likeness (QED) is 0.725. The predicted octanol–water partition coefficient (Wildman–Crippen LogP) is 3.09. The first kappa shape index (κ1) is 23.4. The lowest BCUT2D eigenvalue weighted by molar-refractivity contribution is -0.142. The van der Waals surface area contributed by atoms with Crippen LogP contribution in [0.15, 0.2) is 30.5 Å². The minimum Gasteiger partial charge on any atom is -0.345 e. The Bertz CT molecular complexity index is 1020. The van der Waals surface area contributed by atoms with Crippen molar-refractivity contribution in [2.24, 2.45) is 18.2 Å². The van der Waals surface area contributed by atoms with Gasteiger partial charge in [-0.05, 0) is 43.1 Å². The molecule has 0 radical (unpaired) electrons. The van der Waals surface area contributed by atoms with Crippen LogP contribution in [0.2, 0.25) is 0 Å². The second kappa shape index (κ2) is 8.56. The van der Waals surface area contributed by atoms with Crippen LogP contribution in [0.4, 0.5) is 4.39 Å². The van der Waals surface area contributed by atoms with E-state index in [1.54, 1.807) is 11.9 Å². The summed E-state index contributed by atoms with van der Waals surface area (Å²) < 4.78 is 15.6. The summed E-state index contributed by atoms with van der Waals surface area (Å²) in [5, 5.41) is 7.23. The SMILES string of the molecule is Cn1ncc(F)c1-c1ccc(C2(NC(=O)C3CCCN3C(=O)C(N)C(C)(C)C)CCC2)cc1. The molecule has 2 unspecified atom stereocenters. The molecule has 2 heterocycles. The first-order valence-electron chi connectivity index (χ1n) is 11.7. The fourth-order valence-electron chi connectivity index (χ4n) is 4.87. The van der Waals surface area contributed by atoms with Gasteiger partial charge in [0.25, 0.3) is 0 Å². The second-order valence-corrected chi connectivity index (χ2v) is 10.5. The molecule has 8 heteroatoms. The van der Waals surface area contributed by atoms with Crippen molar-refractivity contribution < 1.29 is 14.0 Å². The van der Waals surface area contributed by atoms with Gasteiger partial charge in [-0.1, -0.05) is 45.0 Å². The number of nitrogens with two attached hydrogens (primary N) is 1. The normalized spacial score (nSPS) is 20.9. The van der Waals surface area contributed by atoms with Crippen LogP contribution < -0.4 is 11.1 Å². The van der Waals surface area contributed by atoms with E-state index in [2.05, 4.69) is 10.4 Å². The number of carbonyl (C=O) groups excluding carboxylic acids is 2. The van der Waals surface area contributed by atoms with Gasteiger partial charge in [0.05, 0.1) is 17.8 Å². The zero-order chi connectivity index (χ0) is 24.0. The van der Waals surface area contributed by atoms with Crippen molar-refractivity contribution in [1.82, 2.24) is 20.0 Å². The third-order valence-corrected chi connectivity index (χ3v) is 7.21. The Morgan fingerprint density at radius 3 is 2.39 bits per heavy atom. The van der Waals surface area contributed by atoms with Gasteiger partial charge in [0.1, 0.15) is 11.7 Å². The van der Waals surface area contributed by atoms with E-state index in [9.17, 15) is 14.0 Å². The number of rotatable bonds is 5. The summed E-state index contributed by atoms with van der Waals surface area (Å²) in [7, 11) is 1.71. The van der Waals surface area contributed by atoms with Crippen molar-refractivity contribution in [3.63, 3.8) is 0 Å². The van der Waals surface area contributed by atoms with Gasteiger partial charge < -0.3 is 16.0 Å². The molecule has 2 amide bonds.